The topological polar surface area (TPSA) is 79.7 Å². The molecule has 3 aromatic rings. The molecule has 0 unspecified atom stereocenters. The largest absolute Gasteiger partial charge is 0.497 e. The molecule has 2 heterocycles. The second-order valence-corrected chi connectivity index (χ2v) is 8.20. The van der Waals surface area contributed by atoms with Crippen LogP contribution in [0.3, 0.4) is 0 Å². The molecule has 1 amide bonds. The van der Waals surface area contributed by atoms with Gasteiger partial charge in [0.05, 0.1) is 18.2 Å². The van der Waals surface area contributed by atoms with E-state index in [-0.39, 0.29) is 17.2 Å². The number of ether oxygens (including phenoxy) is 1. The van der Waals surface area contributed by atoms with Gasteiger partial charge >= 0.3 is 0 Å². The fourth-order valence-corrected chi connectivity index (χ4v) is 4.19. The Balaban J connectivity index is 1.50. The summed E-state index contributed by atoms with van der Waals surface area (Å²) >= 11 is 0. The zero-order valence-corrected chi connectivity index (χ0v) is 19.3. The first-order valence-corrected chi connectivity index (χ1v) is 11.5. The Hall–Kier alpha value is -3.23. The zero-order valence-electron chi connectivity index (χ0n) is 19.3. The van der Waals surface area contributed by atoms with Crippen molar-refractivity contribution in [2.24, 2.45) is 0 Å². The average Bonchev–Trinajstić information content (AvgIpc) is 2.87. The van der Waals surface area contributed by atoms with Gasteiger partial charge in [-0.25, -0.2) is 0 Å². The summed E-state index contributed by atoms with van der Waals surface area (Å²) in [5, 5.41) is 8.45. The molecular formula is C25H31N5O3. The number of rotatable bonds is 8. The highest BCUT2D eigenvalue weighted by molar-refractivity contribution is 6.04. The molecule has 1 aromatic heterocycles. The summed E-state index contributed by atoms with van der Waals surface area (Å²) < 4.78 is 6.55. The first kappa shape index (κ1) is 22.9. The van der Waals surface area contributed by atoms with Crippen molar-refractivity contribution >= 4 is 16.7 Å². The van der Waals surface area contributed by atoms with Crippen LogP contribution >= 0.6 is 0 Å². The van der Waals surface area contributed by atoms with Gasteiger partial charge in [-0.3, -0.25) is 9.59 Å². The maximum Gasteiger partial charge on any atom is 0.279 e. The average molecular weight is 450 g/mol. The molecule has 4 rings (SSSR count). The summed E-state index contributed by atoms with van der Waals surface area (Å²) in [5.74, 6) is 0.332. The van der Waals surface area contributed by atoms with Crippen molar-refractivity contribution in [2.45, 2.75) is 13.3 Å². The van der Waals surface area contributed by atoms with Crippen molar-refractivity contribution in [3.8, 4) is 11.4 Å². The van der Waals surface area contributed by atoms with Crippen molar-refractivity contribution in [3.63, 3.8) is 0 Å². The van der Waals surface area contributed by atoms with Crippen LogP contribution in [0.4, 0.5) is 0 Å². The van der Waals surface area contributed by atoms with Crippen molar-refractivity contribution < 1.29 is 9.53 Å². The van der Waals surface area contributed by atoms with Crippen LogP contribution in [0.2, 0.25) is 0 Å². The molecular weight excluding hydrogens is 418 g/mol. The van der Waals surface area contributed by atoms with E-state index in [2.05, 4.69) is 27.1 Å². The van der Waals surface area contributed by atoms with Gasteiger partial charge in [-0.2, -0.15) is 9.78 Å². The lowest BCUT2D eigenvalue weighted by molar-refractivity contribution is 0.0943. The number of hydrogen-bond donors (Lipinski definition) is 1. The van der Waals surface area contributed by atoms with Crippen LogP contribution < -0.4 is 15.6 Å². The third-order valence-electron chi connectivity index (χ3n) is 6.17. The molecule has 8 nitrogen and oxygen atoms in total. The molecule has 1 fully saturated rings. The molecule has 0 spiro atoms. The monoisotopic (exact) mass is 449 g/mol. The second-order valence-electron chi connectivity index (χ2n) is 8.20. The predicted octanol–water partition coefficient (Wildman–Crippen LogP) is 2.15. The second kappa shape index (κ2) is 10.6. The Labute approximate surface area is 193 Å². The molecule has 0 radical (unpaired) electrons. The minimum atomic E-state index is -0.279. The molecule has 0 aliphatic carbocycles. The number of amides is 1. The Morgan fingerprint density at radius 1 is 1.03 bits per heavy atom. The van der Waals surface area contributed by atoms with E-state index >= 15 is 0 Å². The summed E-state index contributed by atoms with van der Waals surface area (Å²) in [6, 6.07) is 14.2. The Kier molecular flexibility index (Phi) is 7.36. The number of hydrogen-bond acceptors (Lipinski definition) is 6. The lowest BCUT2D eigenvalue weighted by Crippen LogP contribution is -2.46. The van der Waals surface area contributed by atoms with Crippen molar-refractivity contribution in [1.29, 1.82) is 0 Å². The number of aromatic nitrogens is 2. The molecule has 1 aliphatic heterocycles. The van der Waals surface area contributed by atoms with E-state index in [9.17, 15) is 9.59 Å². The smallest absolute Gasteiger partial charge is 0.279 e. The van der Waals surface area contributed by atoms with Crippen molar-refractivity contribution in [1.82, 2.24) is 24.9 Å². The number of nitrogens with zero attached hydrogens (tertiary/aromatic N) is 4. The first-order valence-electron chi connectivity index (χ1n) is 11.5. The predicted molar refractivity (Wildman–Crippen MR) is 129 cm³/mol. The van der Waals surface area contributed by atoms with Gasteiger partial charge in [-0.1, -0.05) is 31.2 Å². The fraction of sp³-hybridized carbons (Fsp3) is 0.400. The van der Waals surface area contributed by atoms with Gasteiger partial charge in [-0.05, 0) is 37.7 Å². The van der Waals surface area contributed by atoms with Crippen LogP contribution in [0, 0.1) is 0 Å². The first-order chi connectivity index (χ1) is 16.1. The standard InChI is InChI=1S/C25H31N5O3/c1-3-28-14-16-29(17-15-28)13-7-12-26-24(31)23-21-10-4-5-11-22(21)25(32)30(27-23)19-8-6-9-20(18-19)33-2/h4-6,8-11,18H,3,7,12-17H2,1-2H3,(H,26,31). The van der Waals surface area contributed by atoms with E-state index in [0.29, 0.717) is 28.8 Å². The van der Waals surface area contributed by atoms with Crippen LogP contribution in [-0.2, 0) is 0 Å². The number of carbonyl (C=O) groups is 1. The highest BCUT2D eigenvalue weighted by atomic mass is 16.5. The maximum absolute atomic E-state index is 13.1. The maximum atomic E-state index is 13.1. The molecule has 0 bridgehead atoms. The lowest BCUT2D eigenvalue weighted by atomic mass is 10.1. The molecule has 2 aromatic carbocycles. The zero-order chi connectivity index (χ0) is 23.2. The van der Waals surface area contributed by atoms with E-state index in [1.807, 2.05) is 6.07 Å². The Morgan fingerprint density at radius 2 is 1.76 bits per heavy atom. The van der Waals surface area contributed by atoms with E-state index in [0.717, 1.165) is 45.7 Å². The van der Waals surface area contributed by atoms with Crippen molar-refractivity contribution in [3.05, 3.63) is 64.6 Å². The number of nitrogens with one attached hydrogen (secondary N) is 1. The fourth-order valence-electron chi connectivity index (χ4n) is 4.19. The molecule has 174 valence electrons. The molecule has 1 aliphatic rings. The van der Waals surface area contributed by atoms with Crippen LogP contribution in [-0.4, -0.2) is 78.4 Å². The highest BCUT2D eigenvalue weighted by Gasteiger charge is 2.18. The third kappa shape index (κ3) is 5.23. The van der Waals surface area contributed by atoms with E-state index in [1.165, 1.54) is 4.68 Å². The Morgan fingerprint density at radius 3 is 2.48 bits per heavy atom. The number of carbonyl (C=O) groups excluding carboxylic acids is 1. The molecule has 33 heavy (non-hydrogen) atoms. The number of fused-ring (bicyclic) bond motifs is 1. The molecule has 1 saturated heterocycles. The minimum Gasteiger partial charge on any atom is -0.497 e. The van der Waals surface area contributed by atoms with Gasteiger partial charge in [-0.15, -0.1) is 0 Å². The van der Waals surface area contributed by atoms with E-state index in [4.69, 9.17) is 4.74 Å². The van der Waals surface area contributed by atoms with Gasteiger partial charge in [0.1, 0.15) is 5.75 Å². The quantitative estimate of drug-likeness (QED) is 0.531. The number of piperazine rings is 1. The summed E-state index contributed by atoms with van der Waals surface area (Å²) in [6.45, 7) is 9.15. The van der Waals surface area contributed by atoms with Gasteiger partial charge < -0.3 is 19.9 Å². The van der Waals surface area contributed by atoms with Crippen molar-refractivity contribution in [2.75, 3.05) is 52.9 Å². The van der Waals surface area contributed by atoms with Crippen LogP contribution in [0.1, 0.15) is 23.8 Å². The summed E-state index contributed by atoms with van der Waals surface area (Å²) in [5.41, 5.74) is 0.511. The van der Waals surface area contributed by atoms with Crippen LogP contribution in [0.5, 0.6) is 5.75 Å². The molecule has 8 heteroatoms. The lowest BCUT2D eigenvalue weighted by Gasteiger charge is -2.33. The number of benzene rings is 2. The number of likely N-dealkylation sites (N-methyl/N-ethyl adjacent to an activating group) is 1. The minimum absolute atomic E-state index is 0.240. The normalized spacial score (nSPS) is 15.0. The van der Waals surface area contributed by atoms with Gasteiger partial charge in [0.15, 0.2) is 5.69 Å². The molecule has 0 atom stereocenters. The summed E-state index contributed by atoms with van der Waals surface area (Å²) in [4.78, 5) is 31.1. The third-order valence-corrected chi connectivity index (χ3v) is 6.17. The molecule has 0 saturated carbocycles. The van der Waals surface area contributed by atoms with E-state index in [1.54, 1.807) is 49.6 Å². The Bertz CT molecular complexity index is 1170. The van der Waals surface area contributed by atoms with Gasteiger partial charge in [0.2, 0.25) is 0 Å². The van der Waals surface area contributed by atoms with Gasteiger partial charge in [0, 0.05) is 44.2 Å². The summed E-state index contributed by atoms with van der Waals surface area (Å²) in [6.07, 6.45) is 0.866. The van der Waals surface area contributed by atoms with Crippen LogP contribution in [0.15, 0.2) is 53.3 Å². The van der Waals surface area contributed by atoms with Crippen LogP contribution in [0.25, 0.3) is 16.5 Å². The summed E-state index contributed by atoms with van der Waals surface area (Å²) in [7, 11) is 1.57. The SMILES string of the molecule is CCN1CCN(CCCNC(=O)c2nn(-c3cccc(OC)c3)c(=O)c3ccccc23)CC1. The number of methoxy groups -OCH3 is 1. The van der Waals surface area contributed by atoms with E-state index < -0.39 is 0 Å². The molecule has 1 N–H and O–H groups in total. The van der Waals surface area contributed by atoms with Gasteiger partial charge in [0.25, 0.3) is 11.5 Å². The highest BCUT2D eigenvalue weighted by Crippen LogP contribution is 2.18.